The lowest BCUT2D eigenvalue weighted by Crippen LogP contribution is -2.11. The minimum atomic E-state index is 0.00795. The molecule has 0 atom stereocenters. The largest absolute Gasteiger partial charge is 0.361 e. The van der Waals surface area contributed by atoms with Gasteiger partial charge in [-0.05, 0) is 31.9 Å². The van der Waals surface area contributed by atoms with Crippen LogP contribution >= 0.6 is 0 Å². The number of aromatic amines is 1. The molecule has 0 radical (unpaired) electrons. The molecule has 0 fully saturated rings. The van der Waals surface area contributed by atoms with Crippen LogP contribution in [0, 0.1) is 0 Å². The molecule has 0 aliphatic carbocycles. The Morgan fingerprint density at radius 2 is 2.18 bits per heavy atom. The molecule has 0 saturated carbocycles. The number of benzene rings is 1. The summed E-state index contributed by atoms with van der Waals surface area (Å²) in [7, 11) is 0. The number of fused-ring (bicyclic) bond motifs is 1. The van der Waals surface area contributed by atoms with Gasteiger partial charge in [0.2, 0.25) is 5.91 Å². The average molecular weight is 296 g/mol. The number of aryl methyl sites for hydroxylation is 1. The van der Waals surface area contributed by atoms with Crippen molar-refractivity contribution < 1.29 is 4.79 Å². The lowest BCUT2D eigenvalue weighted by molar-refractivity contribution is -0.116. The summed E-state index contributed by atoms with van der Waals surface area (Å²) in [6, 6.07) is 8.42. The predicted molar refractivity (Wildman–Crippen MR) is 87.9 cm³/mol. The predicted octanol–water partition coefficient (Wildman–Crippen LogP) is 3.52. The van der Waals surface area contributed by atoms with E-state index in [2.05, 4.69) is 35.3 Å². The van der Waals surface area contributed by atoms with Gasteiger partial charge >= 0.3 is 0 Å². The first-order chi connectivity index (χ1) is 10.6. The summed E-state index contributed by atoms with van der Waals surface area (Å²) in [4.78, 5) is 15.3. The number of anilines is 1. The molecule has 2 aromatic heterocycles. The third-order valence-electron chi connectivity index (χ3n) is 3.71. The molecule has 0 bridgehead atoms. The second-order valence-electron chi connectivity index (χ2n) is 5.71. The highest BCUT2D eigenvalue weighted by Gasteiger charge is 2.08. The van der Waals surface area contributed by atoms with E-state index in [9.17, 15) is 4.79 Å². The first kappa shape index (κ1) is 14.4. The van der Waals surface area contributed by atoms with Gasteiger partial charge in [0.05, 0.1) is 11.9 Å². The van der Waals surface area contributed by atoms with Crippen molar-refractivity contribution in [3.05, 3.63) is 48.4 Å². The highest BCUT2D eigenvalue weighted by atomic mass is 16.1. The zero-order valence-corrected chi connectivity index (χ0v) is 12.8. The van der Waals surface area contributed by atoms with E-state index in [-0.39, 0.29) is 11.9 Å². The number of aromatic nitrogens is 3. The van der Waals surface area contributed by atoms with Crippen LogP contribution in [0.1, 0.15) is 31.9 Å². The van der Waals surface area contributed by atoms with Crippen LogP contribution in [0.5, 0.6) is 0 Å². The van der Waals surface area contributed by atoms with E-state index in [1.165, 1.54) is 10.9 Å². The molecule has 3 aromatic rings. The number of nitrogens with one attached hydrogen (secondary N) is 2. The summed E-state index contributed by atoms with van der Waals surface area (Å²) in [6.07, 6.45) is 6.69. The monoisotopic (exact) mass is 296 g/mol. The van der Waals surface area contributed by atoms with Crippen molar-refractivity contribution >= 4 is 22.5 Å². The molecule has 2 heterocycles. The van der Waals surface area contributed by atoms with Crippen LogP contribution < -0.4 is 5.32 Å². The number of H-pyrrole nitrogens is 1. The third-order valence-corrected chi connectivity index (χ3v) is 3.71. The molecule has 0 unspecified atom stereocenters. The molecule has 1 aromatic carbocycles. The Hall–Kier alpha value is -2.56. The summed E-state index contributed by atoms with van der Waals surface area (Å²) in [5.74, 6) is 0.00795. The first-order valence-electron chi connectivity index (χ1n) is 7.52. The molecule has 5 nitrogen and oxygen atoms in total. The molecule has 0 saturated heterocycles. The maximum Gasteiger partial charge on any atom is 0.224 e. The Kier molecular flexibility index (Phi) is 3.96. The minimum Gasteiger partial charge on any atom is -0.361 e. The molecule has 114 valence electrons. The van der Waals surface area contributed by atoms with Crippen LogP contribution in [-0.4, -0.2) is 20.7 Å². The summed E-state index contributed by atoms with van der Waals surface area (Å²) < 4.78 is 1.83. The minimum absolute atomic E-state index is 0.00795. The van der Waals surface area contributed by atoms with Crippen molar-refractivity contribution in [3.8, 4) is 0 Å². The maximum atomic E-state index is 12.1. The van der Waals surface area contributed by atoms with E-state index in [1.54, 1.807) is 6.20 Å². The number of amides is 1. The van der Waals surface area contributed by atoms with Gasteiger partial charge in [0.1, 0.15) is 0 Å². The second kappa shape index (κ2) is 6.05. The normalized spacial score (nSPS) is 11.2. The van der Waals surface area contributed by atoms with Crippen molar-refractivity contribution in [3.63, 3.8) is 0 Å². The fourth-order valence-electron chi connectivity index (χ4n) is 2.50. The highest BCUT2D eigenvalue weighted by Crippen LogP contribution is 2.19. The third kappa shape index (κ3) is 3.03. The van der Waals surface area contributed by atoms with E-state index in [0.29, 0.717) is 12.8 Å². The Bertz CT molecular complexity index is 785. The number of hydrogen-bond donors (Lipinski definition) is 2. The smallest absolute Gasteiger partial charge is 0.224 e. The average Bonchev–Trinajstić information content (AvgIpc) is 3.12. The zero-order valence-electron chi connectivity index (χ0n) is 12.8. The fraction of sp³-hybridized carbons (Fsp3) is 0.294. The van der Waals surface area contributed by atoms with Crippen LogP contribution in [0.25, 0.3) is 10.9 Å². The van der Waals surface area contributed by atoms with Gasteiger partial charge in [-0.2, -0.15) is 5.10 Å². The number of nitrogens with zero attached hydrogens (tertiary/aromatic N) is 2. The summed E-state index contributed by atoms with van der Waals surface area (Å²) in [5.41, 5.74) is 3.03. The molecular formula is C17H20N4O. The molecule has 2 N–H and O–H groups in total. The summed E-state index contributed by atoms with van der Waals surface area (Å²) >= 11 is 0. The maximum absolute atomic E-state index is 12.1. The number of carbonyl (C=O) groups excluding carboxylic acids is 1. The van der Waals surface area contributed by atoms with Crippen molar-refractivity contribution in [1.29, 1.82) is 0 Å². The number of carbonyl (C=O) groups is 1. The number of para-hydroxylation sites is 1. The van der Waals surface area contributed by atoms with Crippen molar-refractivity contribution in [2.75, 3.05) is 5.32 Å². The Morgan fingerprint density at radius 1 is 1.36 bits per heavy atom. The van der Waals surface area contributed by atoms with Crippen LogP contribution in [0.4, 0.5) is 5.69 Å². The lowest BCUT2D eigenvalue weighted by Gasteiger charge is -2.04. The topological polar surface area (TPSA) is 62.7 Å². The van der Waals surface area contributed by atoms with Crippen molar-refractivity contribution in [2.24, 2.45) is 0 Å². The highest BCUT2D eigenvalue weighted by molar-refractivity contribution is 5.91. The van der Waals surface area contributed by atoms with Gasteiger partial charge in [0.25, 0.3) is 0 Å². The molecule has 1 amide bonds. The van der Waals surface area contributed by atoms with E-state index >= 15 is 0 Å². The van der Waals surface area contributed by atoms with Crippen molar-refractivity contribution in [1.82, 2.24) is 14.8 Å². The summed E-state index contributed by atoms with van der Waals surface area (Å²) in [5, 5.41) is 8.30. The van der Waals surface area contributed by atoms with Crippen LogP contribution in [0.15, 0.2) is 42.9 Å². The van der Waals surface area contributed by atoms with E-state index < -0.39 is 0 Å². The quantitative estimate of drug-likeness (QED) is 0.756. The Balaban J connectivity index is 1.60. The molecule has 22 heavy (non-hydrogen) atoms. The molecule has 0 aliphatic rings. The van der Waals surface area contributed by atoms with Gasteiger partial charge in [0, 0.05) is 35.8 Å². The molecular weight excluding hydrogens is 276 g/mol. The van der Waals surface area contributed by atoms with E-state index in [1.807, 2.05) is 35.3 Å². The van der Waals surface area contributed by atoms with Gasteiger partial charge in [-0.3, -0.25) is 9.48 Å². The zero-order chi connectivity index (χ0) is 15.5. The van der Waals surface area contributed by atoms with Gasteiger partial charge in [0.15, 0.2) is 0 Å². The fourth-order valence-corrected chi connectivity index (χ4v) is 2.50. The van der Waals surface area contributed by atoms with Crippen LogP contribution in [0.2, 0.25) is 0 Å². The Morgan fingerprint density at radius 3 is 2.95 bits per heavy atom. The first-order valence-corrected chi connectivity index (χ1v) is 7.52. The molecule has 5 heteroatoms. The van der Waals surface area contributed by atoms with Gasteiger partial charge < -0.3 is 10.3 Å². The number of rotatable bonds is 5. The SMILES string of the molecule is CC(C)n1cc(NC(=O)CCc2c[nH]c3ccccc23)cn1. The summed E-state index contributed by atoms with van der Waals surface area (Å²) in [6.45, 7) is 4.10. The number of hydrogen-bond acceptors (Lipinski definition) is 2. The lowest BCUT2D eigenvalue weighted by atomic mass is 10.1. The molecule has 0 aliphatic heterocycles. The standard InChI is InChI=1S/C17H20N4O/c1-12(2)21-11-14(10-19-21)20-17(22)8-7-13-9-18-16-6-4-3-5-15(13)16/h3-6,9-12,18H,7-8H2,1-2H3,(H,20,22). The van der Waals surface area contributed by atoms with Gasteiger partial charge in [-0.1, -0.05) is 18.2 Å². The van der Waals surface area contributed by atoms with Crippen LogP contribution in [-0.2, 0) is 11.2 Å². The van der Waals surface area contributed by atoms with Crippen molar-refractivity contribution in [2.45, 2.75) is 32.7 Å². The Labute approximate surface area is 129 Å². The van der Waals surface area contributed by atoms with Gasteiger partial charge in [-0.25, -0.2) is 0 Å². The van der Waals surface area contributed by atoms with E-state index in [4.69, 9.17) is 0 Å². The molecule has 3 rings (SSSR count). The van der Waals surface area contributed by atoms with Gasteiger partial charge in [-0.15, -0.1) is 0 Å². The van der Waals surface area contributed by atoms with E-state index in [0.717, 1.165) is 11.2 Å². The van der Waals surface area contributed by atoms with Crippen LogP contribution in [0.3, 0.4) is 0 Å². The second-order valence-corrected chi connectivity index (χ2v) is 5.71. The molecule has 0 spiro atoms.